The Morgan fingerprint density at radius 3 is 2.60 bits per heavy atom. The molecule has 1 atom stereocenters. The van der Waals surface area contributed by atoms with Crippen molar-refractivity contribution >= 4 is 0 Å². The van der Waals surface area contributed by atoms with E-state index in [2.05, 4.69) is 31.1 Å². The van der Waals surface area contributed by atoms with Crippen LogP contribution < -0.4 is 10.6 Å². The molecule has 0 heterocycles. The highest BCUT2D eigenvalue weighted by Crippen LogP contribution is 2.12. The molecule has 0 aromatic rings. The van der Waals surface area contributed by atoms with Gasteiger partial charge in [0.15, 0.2) is 0 Å². The Labute approximate surface area is 95.5 Å². The minimum absolute atomic E-state index is 0.791. The molecule has 0 aromatic heterocycles. The largest absolute Gasteiger partial charge is 0.389 e. The molecule has 2 N–H and O–H groups in total. The lowest BCUT2D eigenvalue weighted by atomic mass is 9.99. The van der Waals surface area contributed by atoms with E-state index in [4.69, 9.17) is 0 Å². The van der Waals surface area contributed by atoms with Crippen molar-refractivity contribution in [3.05, 3.63) is 12.3 Å². The van der Waals surface area contributed by atoms with Gasteiger partial charge in [0, 0.05) is 12.2 Å². The second kappa shape index (κ2) is 10.0. The maximum Gasteiger partial charge on any atom is 0.0143 e. The predicted octanol–water partition coefficient (Wildman–Crippen LogP) is 2.92. The monoisotopic (exact) mass is 212 g/mol. The third-order valence-electron chi connectivity index (χ3n) is 2.83. The second-order valence-corrected chi connectivity index (χ2v) is 4.25. The van der Waals surface area contributed by atoms with Gasteiger partial charge in [0.1, 0.15) is 0 Å². The number of unbranched alkanes of at least 4 members (excludes halogenated alkanes) is 1. The SMILES string of the molecule is C=C(CCC(CC)CNC)NCCCC. The summed E-state index contributed by atoms with van der Waals surface area (Å²) in [4.78, 5) is 0. The number of hydrogen-bond acceptors (Lipinski definition) is 2. The highest BCUT2D eigenvalue weighted by molar-refractivity contribution is 4.91. The molecule has 90 valence electrons. The summed E-state index contributed by atoms with van der Waals surface area (Å²) in [6.07, 6.45) is 6.10. The van der Waals surface area contributed by atoms with E-state index in [9.17, 15) is 0 Å². The molecule has 0 radical (unpaired) electrons. The fraction of sp³-hybridized carbons (Fsp3) is 0.846. The molecule has 0 aliphatic carbocycles. The van der Waals surface area contributed by atoms with E-state index in [0.29, 0.717) is 0 Å². The zero-order valence-corrected chi connectivity index (χ0v) is 10.7. The van der Waals surface area contributed by atoms with E-state index in [1.807, 2.05) is 7.05 Å². The molecule has 0 bridgehead atoms. The molecular formula is C13H28N2. The highest BCUT2D eigenvalue weighted by Gasteiger charge is 2.05. The molecule has 0 saturated carbocycles. The van der Waals surface area contributed by atoms with E-state index < -0.39 is 0 Å². The molecule has 0 spiro atoms. The number of hydrogen-bond donors (Lipinski definition) is 2. The van der Waals surface area contributed by atoms with E-state index >= 15 is 0 Å². The van der Waals surface area contributed by atoms with Crippen LogP contribution in [0.3, 0.4) is 0 Å². The maximum absolute atomic E-state index is 4.06. The van der Waals surface area contributed by atoms with Gasteiger partial charge in [-0.3, -0.25) is 0 Å². The first kappa shape index (κ1) is 14.5. The molecule has 0 aromatic carbocycles. The summed E-state index contributed by atoms with van der Waals surface area (Å²) in [6.45, 7) is 10.7. The van der Waals surface area contributed by atoms with E-state index in [1.54, 1.807) is 0 Å². The smallest absolute Gasteiger partial charge is 0.0143 e. The maximum atomic E-state index is 4.06. The quantitative estimate of drug-likeness (QED) is 0.544. The normalized spacial score (nSPS) is 12.5. The Hall–Kier alpha value is -0.500. The van der Waals surface area contributed by atoms with E-state index in [0.717, 1.165) is 25.4 Å². The van der Waals surface area contributed by atoms with Crippen LogP contribution in [0.5, 0.6) is 0 Å². The van der Waals surface area contributed by atoms with E-state index in [1.165, 1.54) is 31.4 Å². The van der Waals surface area contributed by atoms with Gasteiger partial charge in [0.05, 0.1) is 0 Å². The summed E-state index contributed by atoms with van der Waals surface area (Å²) in [7, 11) is 2.02. The first-order valence-corrected chi connectivity index (χ1v) is 6.30. The predicted molar refractivity (Wildman–Crippen MR) is 69.0 cm³/mol. The van der Waals surface area contributed by atoms with Crippen LogP contribution in [-0.2, 0) is 0 Å². The second-order valence-electron chi connectivity index (χ2n) is 4.25. The fourth-order valence-corrected chi connectivity index (χ4v) is 1.65. The van der Waals surface area contributed by atoms with Crippen molar-refractivity contribution in [2.75, 3.05) is 20.1 Å². The zero-order chi connectivity index (χ0) is 11.5. The summed E-state index contributed by atoms with van der Waals surface area (Å²) in [5.74, 6) is 0.791. The third kappa shape index (κ3) is 8.49. The summed E-state index contributed by atoms with van der Waals surface area (Å²) >= 11 is 0. The molecule has 0 saturated heterocycles. The van der Waals surface area contributed by atoms with Crippen LogP contribution in [0, 0.1) is 5.92 Å². The minimum Gasteiger partial charge on any atom is -0.389 e. The Bertz CT molecular complexity index is 155. The van der Waals surface area contributed by atoms with Gasteiger partial charge < -0.3 is 10.6 Å². The molecule has 2 nitrogen and oxygen atoms in total. The van der Waals surface area contributed by atoms with Crippen LogP contribution in [0.1, 0.15) is 46.0 Å². The van der Waals surface area contributed by atoms with Crippen LogP contribution in [0.4, 0.5) is 0 Å². The molecule has 1 unspecified atom stereocenters. The van der Waals surface area contributed by atoms with Crippen LogP contribution in [0.2, 0.25) is 0 Å². The van der Waals surface area contributed by atoms with Gasteiger partial charge in [-0.1, -0.05) is 33.3 Å². The summed E-state index contributed by atoms with van der Waals surface area (Å²) in [5, 5.41) is 6.63. The average molecular weight is 212 g/mol. The van der Waals surface area contributed by atoms with Gasteiger partial charge >= 0.3 is 0 Å². The lowest BCUT2D eigenvalue weighted by Crippen LogP contribution is -2.20. The van der Waals surface area contributed by atoms with Crippen LogP contribution in [0.15, 0.2) is 12.3 Å². The van der Waals surface area contributed by atoms with Crippen molar-refractivity contribution in [3.8, 4) is 0 Å². The molecule has 2 heteroatoms. The van der Waals surface area contributed by atoms with Crippen molar-refractivity contribution in [1.29, 1.82) is 0 Å². The molecular weight excluding hydrogens is 184 g/mol. The molecule has 0 amide bonds. The van der Waals surface area contributed by atoms with Crippen molar-refractivity contribution < 1.29 is 0 Å². The molecule has 0 aliphatic heterocycles. The Balaban J connectivity index is 3.50. The first-order chi connectivity index (χ1) is 7.24. The van der Waals surface area contributed by atoms with Crippen molar-refractivity contribution in [3.63, 3.8) is 0 Å². The van der Waals surface area contributed by atoms with Crippen LogP contribution >= 0.6 is 0 Å². The Kier molecular flexibility index (Phi) is 9.70. The standard InChI is InChI=1S/C13H28N2/c1-5-7-10-15-12(3)8-9-13(6-2)11-14-4/h13-15H,3,5-11H2,1-2,4H3. The number of rotatable bonds is 10. The summed E-state index contributed by atoms with van der Waals surface area (Å²) in [5.41, 5.74) is 1.21. The third-order valence-corrected chi connectivity index (χ3v) is 2.83. The molecule has 0 rings (SSSR count). The van der Waals surface area contributed by atoms with Crippen molar-refractivity contribution in [2.45, 2.75) is 46.0 Å². The minimum atomic E-state index is 0.791. The van der Waals surface area contributed by atoms with Gasteiger partial charge in [0.25, 0.3) is 0 Å². The number of nitrogens with one attached hydrogen (secondary N) is 2. The van der Waals surface area contributed by atoms with Crippen LogP contribution in [0.25, 0.3) is 0 Å². The van der Waals surface area contributed by atoms with Gasteiger partial charge in [-0.15, -0.1) is 0 Å². The van der Waals surface area contributed by atoms with Gasteiger partial charge in [-0.25, -0.2) is 0 Å². The summed E-state index contributed by atoms with van der Waals surface area (Å²) in [6, 6.07) is 0. The van der Waals surface area contributed by atoms with Gasteiger partial charge in [-0.2, -0.15) is 0 Å². The average Bonchev–Trinajstić information content (AvgIpc) is 2.24. The molecule has 0 fully saturated rings. The van der Waals surface area contributed by atoms with Crippen molar-refractivity contribution in [1.82, 2.24) is 10.6 Å². The van der Waals surface area contributed by atoms with E-state index in [-0.39, 0.29) is 0 Å². The lowest BCUT2D eigenvalue weighted by Gasteiger charge is -2.15. The van der Waals surface area contributed by atoms with Gasteiger partial charge in [0.2, 0.25) is 0 Å². The Morgan fingerprint density at radius 2 is 2.07 bits per heavy atom. The number of allylic oxidation sites excluding steroid dienone is 1. The first-order valence-electron chi connectivity index (χ1n) is 6.30. The zero-order valence-electron chi connectivity index (χ0n) is 10.7. The Morgan fingerprint density at radius 1 is 1.33 bits per heavy atom. The topological polar surface area (TPSA) is 24.1 Å². The van der Waals surface area contributed by atoms with Gasteiger partial charge in [-0.05, 0) is 38.8 Å². The molecule has 15 heavy (non-hydrogen) atoms. The fourth-order valence-electron chi connectivity index (χ4n) is 1.65. The van der Waals surface area contributed by atoms with Crippen molar-refractivity contribution in [2.24, 2.45) is 5.92 Å². The lowest BCUT2D eigenvalue weighted by molar-refractivity contribution is 0.444. The van der Waals surface area contributed by atoms with Crippen LogP contribution in [-0.4, -0.2) is 20.1 Å². The molecule has 0 aliphatic rings. The highest BCUT2D eigenvalue weighted by atomic mass is 14.9. The summed E-state index contributed by atoms with van der Waals surface area (Å²) < 4.78 is 0.